The van der Waals surface area contributed by atoms with Crippen LogP contribution >= 0.6 is 0 Å². The summed E-state index contributed by atoms with van der Waals surface area (Å²) < 4.78 is 13.4. The molecule has 2 unspecified atom stereocenters. The summed E-state index contributed by atoms with van der Waals surface area (Å²) >= 11 is 0. The predicted octanol–water partition coefficient (Wildman–Crippen LogP) is 2.85. The van der Waals surface area contributed by atoms with Crippen LogP contribution in [0.2, 0.25) is 0 Å². The molecule has 0 spiro atoms. The molecule has 1 aliphatic rings. The number of rotatable bonds is 3. The van der Waals surface area contributed by atoms with Crippen molar-refractivity contribution in [3.05, 3.63) is 35.1 Å². The maximum atomic E-state index is 13.4. The molecule has 0 radical (unpaired) electrons. The standard InChI is InChI=1S/C16H20FNO3/c1-3-11-4-5-18(14(8-11)16(20)21)15(19)12-6-10(2)7-13(17)9-12/h6-7,9,11,14H,3-5,8H2,1-2H3,(H,20,21). The number of benzene rings is 1. The number of carboxylic acids is 1. The van der Waals surface area contributed by atoms with Crippen molar-refractivity contribution in [2.24, 2.45) is 5.92 Å². The molecule has 0 saturated carbocycles. The van der Waals surface area contributed by atoms with Crippen molar-refractivity contribution in [2.75, 3.05) is 6.54 Å². The summed E-state index contributed by atoms with van der Waals surface area (Å²) in [6.07, 6.45) is 2.16. The number of carboxylic acid groups (broad SMARTS) is 1. The van der Waals surface area contributed by atoms with E-state index in [-0.39, 0.29) is 5.56 Å². The van der Waals surface area contributed by atoms with Gasteiger partial charge in [0.25, 0.3) is 5.91 Å². The summed E-state index contributed by atoms with van der Waals surface area (Å²) in [6.45, 7) is 4.14. The number of likely N-dealkylation sites (tertiary alicyclic amines) is 1. The minimum atomic E-state index is -0.991. The Bertz CT molecular complexity index is 538. The van der Waals surface area contributed by atoms with Gasteiger partial charge in [-0.1, -0.05) is 13.3 Å². The van der Waals surface area contributed by atoms with Crippen LogP contribution in [0.3, 0.4) is 0 Å². The van der Waals surface area contributed by atoms with Gasteiger partial charge in [-0.2, -0.15) is 0 Å². The quantitative estimate of drug-likeness (QED) is 0.932. The lowest BCUT2D eigenvalue weighted by Gasteiger charge is -2.37. The van der Waals surface area contributed by atoms with Crippen LogP contribution in [0, 0.1) is 18.7 Å². The zero-order valence-electron chi connectivity index (χ0n) is 12.3. The van der Waals surface area contributed by atoms with Crippen LogP contribution < -0.4 is 0 Å². The fraction of sp³-hybridized carbons (Fsp3) is 0.500. The zero-order chi connectivity index (χ0) is 15.6. The number of hydrogen-bond acceptors (Lipinski definition) is 2. The number of carbonyl (C=O) groups excluding carboxylic acids is 1. The molecule has 1 heterocycles. The molecule has 114 valence electrons. The maximum absolute atomic E-state index is 13.4. The monoisotopic (exact) mass is 293 g/mol. The van der Waals surface area contributed by atoms with Crippen molar-refractivity contribution >= 4 is 11.9 Å². The van der Waals surface area contributed by atoms with Gasteiger partial charge >= 0.3 is 5.97 Å². The van der Waals surface area contributed by atoms with E-state index in [0.717, 1.165) is 12.8 Å². The number of carbonyl (C=O) groups is 2. The summed E-state index contributed by atoms with van der Waals surface area (Å²) in [5.74, 6) is -1.55. The second kappa shape index (κ2) is 6.24. The van der Waals surface area contributed by atoms with Crippen LogP contribution in [0.5, 0.6) is 0 Å². The van der Waals surface area contributed by atoms with Crippen LogP contribution in [0.25, 0.3) is 0 Å². The highest BCUT2D eigenvalue weighted by atomic mass is 19.1. The Morgan fingerprint density at radius 2 is 2.10 bits per heavy atom. The molecule has 4 nitrogen and oxygen atoms in total. The Kier molecular flexibility index (Phi) is 4.60. The number of nitrogens with zero attached hydrogens (tertiary/aromatic N) is 1. The zero-order valence-corrected chi connectivity index (χ0v) is 12.3. The first-order valence-corrected chi connectivity index (χ1v) is 7.23. The first kappa shape index (κ1) is 15.5. The Morgan fingerprint density at radius 1 is 1.38 bits per heavy atom. The second-order valence-corrected chi connectivity index (χ2v) is 5.67. The predicted molar refractivity (Wildman–Crippen MR) is 76.6 cm³/mol. The summed E-state index contributed by atoms with van der Waals surface area (Å²) in [7, 11) is 0. The van der Waals surface area contributed by atoms with Gasteiger partial charge < -0.3 is 10.0 Å². The molecule has 1 saturated heterocycles. The van der Waals surface area contributed by atoms with Crippen molar-refractivity contribution in [2.45, 2.75) is 39.2 Å². The average Bonchev–Trinajstić information content (AvgIpc) is 2.44. The summed E-state index contributed by atoms with van der Waals surface area (Å²) in [5, 5.41) is 9.36. The van der Waals surface area contributed by atoms with E-state index in [1.807, 2.05) is 6.92 Å². The van der Waals surface area contributed by atoms with E-state index in [1.54, 1.807) is 13.0 Å². The van der Waals surface area contributed by atoms with Crippen molar-refractivity contribution in [3.63, 3.8) is 0 Å². The van der Waals surface area contributed by atoms with Gasteiger partial charge in [0, 0.05) is 12.1 Å². The van der Waals surface area contributed by atoms with Crippen molar-refractivity contribution in [3.8, 4) is 0 Å². The lowest BCUT2D eigenvalue weighted by molar-refractivity contribution is -0.144. The highest BCUT2D eigenvalue weighted by molar-refractivity contribution is 5.97. The van der Waals surface area contributed by atoms with Gasteiger partial charge in [-0.15, -0.1) is 0 Å². The van der Waals surface area contributed by atoms with E-state index < -0.39 is 23.7 Å². The third-order valence-electron chi connectivity index (χ3n) is 4.12. The van der Waals surface area contributed by atoms with Crippen LogP contribution in [-0.4, -0.2) is 34.5 Å². The van der Waals surface area contributed by atoms with Crippen LogP contribution in [-0.2, 0) is 4.79 Å². The summed E-state index contributed by atoms with van der Waals surface area (Å²) in [4.78, 5) is 25.3. The SMILES string of the molecule is CCC1CCN(C(=O)c2cc(C)cc(F)c2)C(C(=O)O)C1. The van der Waals surface area contributed by atoms with E-state index in [0.29, 0.717) is 24.4 Å². The van der Waals surface area contributed by atoms with Crippen molar-refractivity contribution in [1.82, 2.24) is 4.90 Å². The molecule has 1 aromatic carbocycles. The molecule has 1 amide bonds. The Hall–Kier alpha value is -1.91. The van der Waals surface area contributed by atoms with E-state index >= 15 is 0 Å². The molecule has 1 aromatic rings. The van der Waals surface area contributed by atoms with Crippen LogP contribution in [0.4, 0.5) is 4.39 Å². The largest absolute Gasteiger partial charge is 0.480 e. The summed E-state index contributed by atoms with van der Waals surface area (Å²) in [6, 6.07) is 3.28. The molecule has 1 aliphatic heterocycles. The fourth-order valence-electron chi connectivity index (χ4n) is 2.91. The molecule has 0 aromatic heterocycles. The molecule has 21 heavy (non-hydrogen) atoms. The van der Waals surface area contributed by atoms with Gasteiger partial charge in [0.2, 0.25) is 0 Å². The Labute approximate surface area is 123 Å². The molecular formula is C16H20FNO3. The average molecular weight is 293 g/mol. The molecule has 1 N–H and O–H groups in total. The number of piperidine rings is 1. The molecule has 0 bridgehead atoms. The topological polar surface area (TPSA) is 57.6 Å². The molecule has 0 aliphatic carbocycles. The first-order chi connectivity index (χ1) is 9.92. The second-order valence-electron chi connectivity index (χ2n) is 5.67. The van der Waals surface area contributed by atoms with Gasteiger partial charge in [0.15, 0.2) is 0 Å². The van der Waals surface area contributed by atoms with Crippen molar-refractivity contribution < 1.29 is 19.1 Å². The third-order valence-corrected chi connectivity index (χ3v) is 4.12. The highest BCUT2D eigenvalue weighted by Gasteiger charge is 2.36. The van der Waals surface area contributed by atoms with E-state index in [2.05, 4.69) is 0 Å². The number of halogens is 1. The van der Waals surface area contributed by atoms with Gasteiger partial charge in [0.05, 0.1) is 0 Å². The smallest absolute Gasteiger partial charge is 0.326 e. The molecule has 2 atom stereocenters. The molecule has 1 fully saturated rings. The third kappa shape index (κ3) is 3.40. The lowest BCUT2D eigenvalue weighted by Crippen LogP contribution is -2.50. The number of hydrogen-bond donors (Lipinski definition) is 1. The van der Waals surface area contributed by atoms with Gasteiger partial charge in [-0.05, 0) is 49.4 Å². The normalized spacial score (nSPS) is 22.1. The minimum absolute atomic E-state index is 0.216. The van der Waals surface area contributed by atoms with Crippen molar-refractivity contribution in [1.29, 1.82) is 0 Å². The first-order valence-electron chi connectivity index (χ1n) is 7.23. The lowest BCUT2D eigenvalue weighted by atomic mass is 9.88. The molecule has 5 heteroatoms. The van der Waals surface area contributed by atoms with Gasteiger partial charge in [-0.3, -0.25) is 4.79 Å². The highest BCUT2D eigenvalue weighted by Crippen LogP contribution is 2.27. The maximum Gasteiger partial charge on any atom is 0.326 e. The summed E-state index contributed by atoms with van der Waals surface area (Å²) in [5.41, 5.74) is 0.863. The Morgan fingerprint density at radius 3 is 2.67 bits per heavy atom. The number of aryl methyl sites for hydroxylation is 1. The fourth-order valence-corrected chi connectivity index (χ4v) is 2.91. The minimum Gasteiger partial charge on any atom is -0.480 e. The molecule has 2 rings (SSSR count). The van der Waals surface area contributed by atoms with Crippen LogP contribution in [0.15, 0.2) is 18.2 Å². The number of amides is 1. The molecular weight excluding hydrogens is 273 g/mol. The number of aliphatic carboxylic acids is 1. The van der Waals surface area contributed by atoms with E-state index in [4.69, 9.17) is 0 Å². The van der Waals surface area contributed by atoms with Crippen LogP contribution in [0.1, 0.15) is 42.1 Å². The van der Waals surface area contributed by atoms with Gasteiger partial charge in [-0.25, -0.2) is 9.18 Å². The van der Waals surface area contributed by atoms with Gasteiger partial charge in [0.1, 0.15) is 11.9 Å². The van der Waals surface area contributed by atoms with E-state index in [1.165, 1.54) is 17.0 Å². The Balaban J connectivity index is 2.26. The van der Waals surface area contributed by atoms with E-state index in [9.17, 15) is 19.1 Å².